The Kier molecular flexibility index (Phi) is 31.8. The highest BCUT2D eigenvalue weighted by Gasteiger charge is 2.51. The predicted octanol–water partition coefficient (Wildman–Crippen LogP) is 13.5. The van der Waals surface area contributed by atoms with Crippen molar-refractivity contribution in [3.8, 4) is 0 Å². The van der Waals surface area contributed by atoms with Crippen LogP contribution >= 0.6 is 0 Å². The highest BCUT2D eigenvalue weighted by Crippen LogP contribution is 2.60. The van der Waals surface area contributed by atoms with E-state index in [2.05, 4.69) is 45.0 Å². The third-order valence-electron chi connectivity index (χ3n) is 11.1. The first kappa shape index (κ1) is 47.4. The molecule has 1 aliphatic rings. The molecule has 298 valence electrons. The molecule has 0 radical (unpaired) electrons. The van der Waals surface area contributed by atoms with Gasteiger partial charge < -0.3 is 14.4 Å². The Balaban J connectivity index is 2.02. The van der Waals surface area contributed by atoms with Gasteiger partial charge in [0.05, 0.1) is 0 Å². The molecule has 0 aromatic heterocycles. The van der Waals surface area contributed by atoms with Gasteiger partial charge in [-0.05, 0) is 96.2 Å². The van der Waals surface area contributed by atoms with Crippen LogP contribution in [0.4, 0.5) is 0 Å². The monoisotopic (exact) mass is 716 g/mol. The fourth-order valence-electron chi connectivity index (χ4n) is 7.55. The Morgan fingerprint density at radius 1 is 0.549 bits per heavy atom. The lowest BCUT2D eigenvalue weighted by Crippen LogP contribution is -2.18. The lowest BCUT2D eigenvalue weighted by Gasteiger charge is -2.20. The van der Waals surface area contributed by atoms with Crippen LogP contribution in [0.3, 0.4) is 0 Å². The quantitative estimate of drug-likeness (QED) is 0.0362. The van der Waals surface area contributed by atoms with Crippen LogP contribution in [-0.4, -0.2) is 50.7 Å². The molecule has 1 fully saturated rings. The number of hydrogen-bond donors (Lipinski definition) is 0. The second-order valence-corrected chi connectivity index (χ2v) is 16.2. The number of carbonyl (C=O) groups excluding carboxylic acids is 2. The molecule has 0 N–H and O–H groups in total. The van der Waals surface area contributed by atoms with E-state index in [1.807, 2.05) is 12.2 Å². The zero-order valence-electron chi connectivity index (χ0n) is 34.5. The Morgan fingerprint density at radius 3 is 1.47 bits per heavy atom. The van der Waals surface area contributed by atoms with Gasteiger partial charge in [0.2, 0.25) is 0 Å². The molecule has 2 atom stereocenters. The molecule has 0 spiro atoms. The zero-order valence-corrected chi connectivity index (χ0v) is 34.5. The van der Waals surface area contributed by atoms with E-state index in [1.54, 1.807) is 0 Å². The number of rotatable bonds is 38. The summed E-state index contributed by atoms with van der Waals surface area (Å²) in [5.74, 6) is 0.831. The molecule has 1 aliphatic carbocycles. The van der Waals surface area contributed by atoms with Crippen molar-refractivity contribution in [2.75, 3.05) is 33.9 Å². The van der Waals surface area contributed by atoms with Gasteiger partial charge in [-0.3, -0.25) is 9.59 Å². The van der Waals surface area contributed by atoms with E-state index >= 15 is 0 Å². The molecular formula is C46H85NO4. The van der Waals surface area contributed by atoms with Crippen molar-refractivity contribution >= 4 is 11.9 Å². The Hall–Kier alpha value is -1.62. The van der Waals surface area contributed by atoms with Gasteiger partial charge in [0, 0.05) is 12.8 Å². The maximum atomic E-state index is 12.1. The fraction of sp³-hybridized carbons (Fsp3) is 0.870. The summed E-state index contributed by atoms with van der Waals surface area (Å²) >= 11 is 0. The molecule has 51 heavy (non-hydrogen) atoms. The first-order valence-corrected chi connectivity index (χ1v) is 22.2. The van der Waals surface area contributed by atoms with E-state index in [9.17, 15) is 9.59 Å². The first-order valence-electron chi connectivity index (χ1n) is 22.2. The smallest absolute Gasteiger partial charge is 0.306 e. The highest BCUT2D eigenvalue weighted by atomic mass is 16.5. The maximum Gasteiger partial charge on any atom is 0.306 e. The van der Waals surface area contributed by atoms with E-state index < -0.39 is 0 Å². The molecule has 1 saturated carbocycles. The van der Waals surface area contributed by atoms with Crippen molar-refractivity contribution < 1.29 is 19.1 Å². The molecule has 0 aliphatic heterocycles. The van der Waals surface area contributed by atoms with Crippen LogP contribution < -0.4 is 0 Å². The molecule has 5 nitrogen and oxygen atoms in total. The van der Waals surface area contributed by atoms with E-state index in [-0.39, 0.29) is 11.9 Å². The van der Waals surface area contributed by atoms with Gasteiger partial charge in [-0.2, -0.15) is 0 Å². The van der Waals surface area contributed by atoms with Gasteiger partial charge in [-0.15, -0.1) is 0 Å². The van der Waals surface area contributed by atoms with Gasteiger partial charge in [0.15, 0.2) is 0 Å². The Morgan fingerprint density at radius 2 is 0.980 bits per heavy atom. The number of carbonyl (C=O) groups is 2. The molecular weight excluding hydrogens is 631 g/mol. The van der Waals surface area contributed by atoms with Crippen molar-refractivity contribution in [3.63, 3.8) is 0 Å². The Bertz CT molecular complexity index is 867. The van der Waals surface area contributed by atoms with Crippen LogP contribution in [0.25, 0.3) is 0 Å². The molecule has 0 bridgehead atoms. The van der Waals surface area contributed by atoms with Gasteiger partial charge in [0.1, 0.15) is 13.2 Å². The van der Waals surface area contributed by atoms with Crippen molar-refractivity contribution in [1.82, 2.24) is 4.90 Å². The lowest BCUT2D eigenvalue weighted by molar-refractivity contribution is -0.143. The summed E-state index contributed by atoms with van der Waals surface area (Å²) in [7, 11) is 4.41. The normalized spacial score (nSPS) is 17.2. The van der Waals surface area contributed by atoms with Crippen LogP contribution in [0, 0.1) is 11.3 Å². The topological polar surface area (TPSA) is 55.8 Å². The maximum absolute atomic E-state index is 12.1. The SMILES string of the molecule is CCCCCCCC/C=C/COC(=O)CCCCCCCCC1(CCN(C)C)CC1CCCCCCCC(=O)OC/C=C/CCCCCCCC. The van der Waals surface area contributed by atoms with Crippen molar-refractivity contribution in [3.05, 3.63) is 24.3 Å². The zero-order chi connectivity index (χ0) is 37.1. The minimum Gasteiger partial charge on any atom is -0.461 e. The number of ether oxygens (including phenoxy) is 2. The third-order valence-corrected chi connectivity index (χ3v) is 11.1. The van der Waals surface area contributed by atoms with Crippen LogP contribution in [-0.2, 0) is 19.1 Å². The number of esters is 2. The first-order chi connectivity index (χ1) is 24.9. The molecule has 0 heterocycles. The number of allylic oxidation sites excluding steroid dienone is 2. The number of nitrogens with zero attached hydrogens (tertiary/aromatic N) is 1. The highest BCUT2D eigenvalue weighted by molar-refractivity contribution is 5.69. The summed E-state index contributed by atoms with van der Waals surface area (Å²) in [6.07, 6.45) is 46.3. The average molecular weight is 716 g/mol. The van der Waals surface area contributed by atoms with E-state index in [4.69, 9.17) is 9.47 Å². The van der Waals surface area contributed by atoms with Crippen molar-refractivity contribution in [2.24, 2.45) is 11.3 Å². The molecule has 0 aromatic rings. The molecule has 2 unspecified atom stereocenters. The van der Waals surface area contributed by atoms with E-state index in [0.29, 0.717) is 31.5 Å². The van der Waals surface area contributed by atoms with Crippen LogP contribution in [0.15, 0.2) is 24.3 Å². The van der Waals surface area contributed by atoms with E-state index in [1.165, 1.54) is 154 Å². The van der Waals surface area contributed by atoms with Crippen molar-refractivity contribution in [1.29, 1.82) is 0 Å². The summed E-state index contributed by atoms with van der Waals surface area (Å²) < 4.78 is 10.8. The number of unbranched alkanes of at least 4 members (excludes halogenated alkanes) is 21. The van der Waals surface area contributed by atoms with E-state index in [0.717, 1.165) is 44.4 Å². The van der Waals surface area contributed by atoms with Crippen molar-refractivity contribution in [2.45, 2.75) is 213 Å². The molecule has 5 heteroatoms. The molecule has 1 rings (SSSR count). The molecule has 0 saturated heterocycles. The average Bonchev–Trinajstić information content (AvgIpc) is 3.81. The van der Waals surface area contributed by atoms with Gasteiger partial charge in [0.25, 0.3) is 0 Å². The second-order valence-electron chi connectivity index (χ2n) is 16.2. The fourth-order valence-corrected chi connectivity index (χ4v) is 7.55. The van der Waals surface area contributed by atoms with Crippen LogP contribution in [0.2, 0.25) is 0 Å². The third kappa shape index (κ3) is 29.5. The van der Waals surface area contributed by atoms with Gasteiger partial charge in [-0.1, -0.05) is 160 Å². The van der Waals surface area contributed by atoms with Gasteiger partial charge >= 0.3 is 11.9 Å². The minimum absolute atomic E-state index is 0.0414. The standard InChI is InChI=1S/C46H85NO4/c1-5-7-9-11-13-15-19-26-32-40-50-44(48)35-29-23-17-18-25-31-37-46(38-39-47(3)4)42-43(46)34-28-22-21-24-30-36-45(49)51-41-33-27-20-16-14-12-10-8-6-2/h26-27,32-33,43H,5-25,28-31,34-42H2,1-4H3/b32-26+,33-27+. The largest absolute Gasteiger partial charge is 0.461 e. The second kappa shape index (κ2) is 34.2. The molecule has 0 aromatic carbocycles. The summed E-state index contributed by atoms with van der Waals surface area (Å²) in [6.45, 7) is 6.57. The summed E-state index contributed by atoms with van der Waals surface area (Å²) in [6, 6.07) is 0. The lowest BCUT2D eigenvalue weighted by atomic mass is 9.89. The predicted molar refractivity (Wildman–Crippen MR) is 219 cm³/mol. The van der Waals surface area contributed by atoms with Crippen LogP contribution in [0.1, 0.15) is 213 Å². The summed E-state index contributed by atoms with van der Waals surface area (Å²) in [5.41, 5.74) is 0.587. The van der Waals surface area contributed by atoms with Crippen LogP contribution in [0.5, 0.6) is 0 Å². The minimum atomic E-state index is -0.0424. The molecule has 0 amide bonds. The summed E-state index contributed by atoms with van der Waals surface area (Å²) in [4.78, 5) is 26.5. The number of hydrogen-bond acceptors (Lipinski definition) is 5. The van der Waals surface area contributed by atoms with Gasteiger partial charge in [-0.25, -0.2) is 0 Å². The summed E-state index contributed by atoms with van der Waals surface area (Å²) in [5, 5.41) is 0. The Labute approximate surface area is 317 Å².